The van der Waals surface area contributed by atoms with Crippen molar-refractivity contribution in [3.8, 4) is 0 Å². The normalized spacial score (nSPS) is 20.5. The number of carbonyl (C=O) groups excluding carboxylic acids is 1. The first kappa shape index (κ1) is 17.6. The molecule has 1 heterocycles. The number of hydrogen-bond acceptors (Lipinski definition) is 3. The van der Waals surface area contributed by atoms with Gasteiger partial charge in [-0.1, -0.05) is 42.5 Å². The summed E-state index contributed by atoms with van der Waals surface area (Å²) in [7, 11) is 0. The van der Waals surface area contributed by atoms with E-state index in [0.29, 0.717) is 31.7 Å². The molecule has 4 nitrogen and oxygen atoms in total. The molecule has 0 spiro atoms. The van der Waals surface area contributed by atoms with Crippen LogP contribution in [0, 0.1) is 5.82 Å². The number of benzene rings is 2. The molecule has 1 aliphatic heterocycles. The van der Waals surface area contributed by atoms with Gasteiger partial charge in [0.05, 0.1) is 26.2 Å². The fraction of sp³-hybridized carbons (Fsp3) is 0.350. The van der Waals surface area contributed by atoms with Crippen molar-refractivity contribution in [3.05, 3.63) is 71.5 Å². The fourth-order valence-electron chi connectivity index (χ4n) is 3.22. The van der Waals surface area contributed by atoms with Gasteiger partial charge in [-0.3, -0.25) is 4.79 Å². The Morgan fingerprint density at radius 1 is 1.16 bits per heavy atom. The van der Waals surface area contributed by atoms with E-state index in [1.807, 2.05) is 30.3 Å². The average molecular weight is 343 g/mol. The first-order valence-electron chi connectivity index (χ1n) is 8.41. The highest BCUT2D eigenvalue weighted by molar-refractivity contribution is 5.79. The van der Waals surface area contributed by atoms with Gasteiger partial charge in [0.25, 0.3) is 0 Å². The highest BCUT2D eigenvalue weighted by atomic mass is 19.1. The second kappa shape index (κ2) is 7.76. The number of hydrogen-bond donors (Lipinski definition) is 1. The minimum absolute atomic E-state index is 0.0835. The lowest BCUT2D eigenvalue weighted by Crippen LogP contribution is -2.57. The molecular weight excluding hydrogens is 321 g/mol. The summed E-state index contributed by atoms with van der Waals surface area (Å²) in [6.45, 7) is 1.02. The van der Waals surface area contributed by atoms with E-state index in [-0.39, 0.29) is 24.8 Å². The highest BCUT2D eigenvalue weighted by Gasteiger charge is 2.38. The largest absolute Gasteiger partial charge is 0.393 e. The zero-order valence-electron chi connectivity index (χ0n) is 14.0. The van der Waals surface area contributed by atoms with Crippen molar-refractivity contribution in [2.75, 3.05) is 26.3 Å². The predicted octanol–water partition coefficient (Wildman–Crippen LogP) is 2.20. The third-order valence-electron chi connectivity index (χ3n) is 4.50. The lowest BCUT2D eigenvalue weighted by Gasteiger charge is -2.42. The van der Waals surface area contributed by atoms with Crippen LogP contribution in [-0.4, -0.2) is 47.8 Å². The molecule has 25 heavy (non-hydrogen) atoms. The Labute approximate surface area is 146 Å². The molecule has 5 heteroatoms. The second-order valence-electron chi connectivity index (χ2n) is 6.47. The van der Waals surface area contributed by atoms with E-state index in [4.69, 9.17) is 4.74 Å². The molecule has 1 unspecified atom stereocenters. The van der Waals surface area contributed by atoms with Gasteiger partial charge in [-0.05, 0) is 23.3 Å². The number of carbonyl (C=O) groups is 1. The Hall–Kier alpha value is -2.24. The van der Waals surface area contributed by atoms with E-state index in [1.54, 1.807) is 17.0 Å². The van der Waals surface area contributed by atoms with Crippen LogP contribution in [0.15, 0.2) is 54.6 Å². The third kappa shape index (κ3) is 4.44. The van der Waals surface area contributed by atoms with Crippen molar-refractivity contribution < 1.29 is 19.0 Å². The van der Waals surface area contributed by atoms with Gasteiger partial charge in [-0.2, -0.15) is 0 Å². The van der Waals surface area contributed by atoms with Crippen molar-refractivity contribution in [2.24, 2.45) is 0 Å². The van der Waals surface area contributed by atoms with E-state index >= 15 is 0 Å². The van der Waals surface area contributed by atoms with Crippen molar-refractivity contribution in [1.29, 1.82) is 0 Å². The van der Waals surface area contributed by atoms with Crippen molar-refractivity contribution in [1.82, 2.24) is 4.90 Å². The number of morpholine rings is 1. The fourth-order valence-corrected chi connectivity index (χ4v) is 3.22. The summed E-state index contributed by atoms with van der Waals surface area (Å²) in [5.74, 6) is -0.430. The molecule has 1 amide bonds. The molecule has 1 atom stereocenters. The first-order valence-corrected chi connectivity index (χ1v) is 8.41. The molecule has 132 valence electrons. The van der Waals surface area contributed by atoms with Crippen LogP contribution < -0.4 is 0 Å². The van der Waals surface area contributed by atoms with Gasteiger partial charge in [-0.25, -0.2) is 4.39 Å². The summed E-state index contributed by atoms with van der Waals surface area (Å²) >= 11 is 0. The minimum Gasteiger partial charge on any atom is -0.393 e. The van der Waals surface area contributed by atoms with Gasteiger partial charge < -0.3 is 14.7 Å². The topological polar surface area (TPSA) is 49.8 Å². The monoisotopic (exact) mass is 343 g/mol. The molecule has 3 rings (SSSR count). The molecule has 0 aromatic heterocycles. The van der Waals surface area contributed by atoms with E-state index in [2.05, 4.69) is 0 Å². The summed E-state index contributed by atoms with van der Waals surface area (Å²) in [4.78, 5) is 14.3. The van der Waals surface area contributed by atoms with Crippen LogP contribution in [0.3, 0.4) is 0 Å². The molecule has 1 aliphatic rings. The van der Waals surface area contributed by atoms with Gasteiger partial charge >= 0.3 is 0 Å². The van der Waals surface area contributed by atoms with Crippen LogP contribution in [0.25, 0.3) is 0 Å². The van der Waals surface area contributed by atoms with Gasteiger partial charge in [0.1, 0.15) is 11.4 Å². The predicted molar refractivity (Wildman–Crippen MR) is 92.6 cm³/mol. The quantitative estimate of drug-likeness (QED) is 0.905. The summed E-state index contributed by atoms with van der Waals surface area (Å²) in [5.41, 5.74) is 0.905. The van der Waals surface area contributed by atoms with Crippen LogP contribution in [0.4, 0.5) is 4.39 Å². The van der Waals surface area contributed by atoms with Gasteiger partial charge in [0.15, 0.2) is 0 Å². The molecule has 1 saturated heterocycles. The maximum absolute atomic E-state index is 13.3. The standard InChI is InChI=1S/C20H22FNO3/c21-18-8-4-7-17(11-18)12-19(24)22-9-10-25-20(14-22,15-23)13-16-5-2-1-3-6-16/h1-8,11,23H,9-10,12-15H2. The van der Waals surface area contributed by atoms with Crippen LogP contribution in [0.5, 0.6) is 0 Å². The number of nitrogens with zero attached hydrogens (tertiary/aromatic N) is 1. The van der Waals surface area contributed by atoms with Gasteiger partial charge in [0.2, 0.25) is 5.91 Å². The second-order valence-corrected chi connectivity index (χ2v) is 6.47. The van der Waals surface area contributed by atoms with Crippen LogP contribution in [-0.2, 0) is 22.4 Å². The lowest BCUT2D eigenvalue weighted by atomic mass is 9.93. The van der Waals surface area contributed by atoms with E-state index in [9.17, 15) is 14.3 Å². The SMILES string of the molecule is O=C(Cc1cccc(F)c1)N1CCOC(CO)(Cc2ccccc2)C1. The zero-order chi connectivity index (χ0) is 17.7. The Bertz CT molecular complexity index is 722. The molecule has 1 N–H and O–H groups in total. The Kier molecular flexibility index (Phi) is 5.46. The molecule has 0 bridgehead atoms. The Morgan fingerprint density at radius 2 is 1.92 bits per heavy atom. The van der Waals surface area contributed by atoms with Crippen LogP contribution >= 0.6 is 0 Å². The summed E-state index contributed by atoms with van der Waals surface area (Å²) in [5, 5.41) is 9.92. The van der Waals surface area contributed by atoms with Crippen molar-refractivity contribution in [2.45, 2.75) is 18.4 Å². The number of aliphatic hydroxyl groups excluding tert-OH is 1. The summed E-state index contributed by atoms with van der Waals surface area (Å²) in [6, 6.07) is 15.9. The smallest absolute Gasteiger partial charge is 0.227 e. The maximum Gasteiger partial charge on any atom is 0.227 e. The highest BCUT2D eigenvalue weighted by Crippen LogP contribution is 2.23. The summed E-state index contributed by atoms with van der Waals surface area (Å²) in [6.07, 6.45) is 0.679. The lowest BCUT2D eigenvalue weighted by molar-refractivity contribution is -0.157. The Balaban J connectivity index is 1.69. The molecule has 1 fully saturated rings. The average Bonchev–Trinajstić information content (AvgIpc) is 2.63. The summed E-state index contributed by atoms with van der Waals surface area (Å²) < 4.78 is 19.2. The van der Waals surface area contributed by atoms with E-state index in [0.717, 1.165) is 5.56 Å². The molecule has 0 aliphatic carbocycles. The molecule has 0 radical (unpaired) electrons. The van der Waals surface area contributed by atoms with Crippen LogP contribution in [0.1, 0.15) is 11.1 Å². The Morgan fingerprint density at radius 3 is 2.64 bits per heavy atom. The van der Waals surface area contributed by atoms with E-state index in [1.165, 1.54) is 12.1 Å². The van der Waals surface area contributed by atoms with Crippen molar-refractivity contribution >= 4 is 5.91 Å². The number of aliphatic hydroxyl groups is 1. The van der Waals surface area contributed by atoms with E-state index < -0.39 is 5.60 Å². The minimum atomic E-state index is -0.794. The first-order chi connectivity index (χ1) is 12.1. The van der Waals surface area contributed by atoms with Gasteiger partial charge in [-0.15, -0.1) is 0 Å². The zero-order valence-corrected chi connectivity index (χ0v) is 14.0. The molecule has 2 aromatic carbocycles. The van der Waals surface area contributed by atoms with Crippen LogP contribution in [0.2, 0.25) is 0 Å². The number of amides is 1. The molecule has 2 aromatic rings. The van der Waals surface area contributed by atoms with Crippen molar-refractivity contribution in [3.63, 3.8) is 0 Å². The van der Waals surface area contributed by atoms with Gasteiger partial charge in [0, 0.05) is 13.0 Å². The maximum atomic E-state index is 13.3. The number of halogens is 1. The third-order valence-corrected chi connectivity index (χ3v) is 4.50. The number of rotatable bonds is 5. The molecule has 0 saturated carbocycles. The molecular formula is C20H22FNO3. The number of ether oxygens (including phenoxy) is 1.